The van der Waals surface area contributed by atoms with Gasteiger partial charge in [0, 0.05) is 37.3 Å². The van der Waals surface area contributed by atoms with Crippen LogP contribution in [0.3, 0.4) is 0 Å². The highest BCUT2D eigenvalue weighted by molar-refractivity contribution is 5.67. The molecule has 0 bridgehead atoms. The quantitative estimate of drug-likeness (QED) is 0.919. The number of anilines is 1. The standard InChI is InChI=1S/C15H24N4O2/c1-5-12-6-13(18-10-17-12)19-8-11(9-19)7-16-14(20)21-15(2,3)4/h6,10-11H,5,7-9H2,1-4H3,(H,16,20). The van der Waals surface area contributed by atoms with Crippen molar-refractivity contribution < 1.29 is 9.53 Å². The van der Waals surface area contributed by atoms with Crippen molar-refractivity contribution in [1.29, 1.82) is 0 Å². The SMILES string of the molecule is CCc1cc(N2CC(CNC(=O)OC(C)(C)C)C2)ncn1. The summed E-state index contributed by atoms with van der Waals surface area (Å²) in [7, 11) is 0. The van der Waals surface area contributed by atoms with E-state index in [9.17, 15) is 4.79 Å². The first kappa shape index (κ1) is 15.5. The Balaban J connectivity index is 1.73. The summed E-state index contributed by atoms with van der Waals surface area (Å²) in [5, 5.41) is 2.82. The van der Waals surface area contributed by atoms with E-state index in [1.54, 1.807) is 6.33 Å². The second kappa shape index (κ2) is 6.28. The van der Waals surface area contributed by atoms with Crippen LogP contribution in [0.5, 0.6) is 0 Å². The van der Waals surface area contributed by atoms with Gasteiger partial charge in [-0.3, -0.25) is 0 Å². The van der Waals surface area contributed by atoms with Crippen LogP contribution in [0.2, 0.25) is 0 Å². The van der Waals surface area contributed by atoms with Gasteiger partial charge >= 0.3 is 6.09 Å². The maximum atomic E-state index is 11.6. The van der Waals surface area contributed by atoms with Gasteiger partial charge < -0.3 is 15.0 Å². The van der Waals surface area contributed by atoms with Crippen molar-refractivity contribution in [3.63, 3.8) is 0 Å². The lowest BCUT2D eigenvalue weighted by Gasteiger charge is -2.40. The number of alkyl carbamates (subject to hydrolysis) is 1. The van der Waals surface area contributed by atoms with E-state index >= 15 is 0 Å². The number of carbonyl (C=O) groups is 1. The maximum absolute atomic E-state index is 11.6. The zero-order valence-corrected chi connectivity index (χ0v) is 13.2. The number of aromatic nitrogens is 2. The number of rotatable bonds is 4. The van der Waals surface area contributed by atoms with Crippen LogP contribution in [0.15, 0.2) is 12.4 Å². The third-order valence-electron chi connectivity index (χ3n) is 3.29. The molecule has 2 rings (SSSR count). The second-order valence-corrected chi connectivity index (χ2v) is 6.37. The summed E-state index contributed by atoms with van der Waals surface area (Å²) >= 11 is 0. The highest BCUT2D eigenvalue weighted by Gasteiger charge is 2.28. The number of hydrogen-bond donors (Lipinski definition) is 1. The molecule has 1 amide bonds. The molecule has 1 aliphatic heterocycles. The van der Waals surface area contributed by atoms with E-state index in [2.05, 4.69) is 27.1 Å². The topological polar surface area (TPSA) is 67.4 Å². The lowest BCUT2D eigenvalue weighted by Crippen LogP contribution is -2.52. The van der Waals surface area contributed by atoms with Gasteiger partial charge in [0.1, 0.15) is 17.7 Å². The van der Waals surface area contributed by atoms with Crippen LogP contribution < -0.4 is 10.2 Å². The fraction of sp³-hybridized carbons (Fsp3) is 0.667. The molecule has 0 spiro atoms. The van der Waals surface area contributed by atoms with Crippen molar-refractivity contribution in [3.8, 4) is 0 Å². The minimum absolute atomic E-state index is 0.351. The normalized spacial score (nSPS) is 15.5. The van der Waals surface area contributed by atoms with Crippen LogP contribution in [-0.2, 0) is 11.2 Å². The number of nitrogens with zero attached hydrogens (tertiary/aromatic N) is 3. The first-order chi connectivity index (χ1) is 9.87. The summed E-state index contributed by atoms with van der Waals surface area (Å²) in [5.41, 5.74) is 0.600. The molecule has 1 fully saturated rings. The zero-order chi connectivity index (χ0) is 15.5. The highest BCUT2D eigenvalue weighted by Crippen LogP contribution is 2.22. The Morgan fingerprint density at radius 3 is 2.76 bits per heavy atom. The van der Waals surface area contributed by atoms with Gasteiger partial charge in [0.2, 0.25) is 0 Å². The molecule has 6 nitrogen and oxygen atoms in total. The van der Waals surface area contributed by atoms with Crippen molar-refractivity contribution >= 4 is 11.9 Å². The molecular weight excluding hydrogens is 268 g/mol. The Morgan fingerprint density at radius 2 is 2.14 bits per heavy atom. The first-order valence-corrected chi connectivity index (χ1v) is 7.40. The lowest BCUT2D eigenvalue weighted by atomic mass is 10.0. The Kier molecular flexibility index (Phi) is 4.65. The average Bonchev–Trinajstić information content (AvgIpc) is 2.35. The first-order valence-electron chi connectivity index (χ1n) is 7.40. The number of ether oxygens (including phenoxy) is 1. The van der Waals surface area contributed by atoms with Crippen molar-refractivity contribution in [1.82, 2.24) is 15.3 Å². The fourth-order valence-electron chi connectivity index (χ4n) is 2.18. The molecule has 0 atom stereocenters. The average molecular weight is 292 g/mol. The summed E-state index contributed by atoms with van der Waals surface area (Å²) in [6.07, 6.45) is 2.17. The van der Waals surface area contributed by atoms with E-state index in [1.807, 2.05) is 26.8 Å². The van der Waals surface area contributed by atoms with Crippen LogP contribution in [0.1, 0.15) is 33.4 Å². The molecule has 1 aliphatic rings. The Labute approximate surface area is 125 Å². The highest BCUT2D eigenvalue weighted by atomic mass is 16.6. The van der Waals surface area contributed by atoms with Crippen LogP contribution in [0, 0.1) is 5.92 Å². The smallest absolute Gasteiger partial charge is 0.407 e. The van der Waals surface area contributed by atoms with Gasteiger partial charge in [0.15, 0.2) is 0 Å². The summed E-state index contributed by atoms with van der Waals surface area (Å²) in [6, 6.07) is 2.03. The summed E-state index contributed by atoms with van der Waals surface area (Å²) in [6.45, 7) is 10.1. The van der Waals surface area contributed by atoms with Crippen molar-refractivity contribution in [3.05, 3.63) is 18.1 Å². The van der Waals surface area contributed by atoms with Crippen LogP contribution >= 0.6 is 0 Å². The largest absolute Gasteiger partial charge is 0.444 e. The van der Waals surface area contributed by atoms with Crippen molar-refractivity contribution in [2.45, 2.75) is 39.7 Å². The van der Waals surface area contributed by atoms with Gasteiger partial charge in [-0.15, -0.1) is 0 Å². The second-order valence-electron chi connectivity index (χ2n) is 6.37. The number of amides is 1. The van der Waals surface area contributed by atoms with E-state index in [-0.39, 0.29) is 6.09 Å². The van der Waals surface area contributed by atoms with Crippen LogP contribution in [-0.4, -0.2) is 41.3 Å². The molecule has 0 unspecified atom stereocenters. The molecule has 1 aromatic rings. The Hall–Kier alpha value is -1.85. The molecule has 116 valence electrons. The van der Waals surface area contributed by atoms with E-state index in [0.717, 1.165) is 31.0 Å². The molecule has 2 heterocycles. The van der Waals surface area contributed by atoms with Gasteiger partial charge in [-0.1, -0.05) is 6.92 Å². The molecular formula is C15H24N4O2. The summed E-state index contributed by atoms with van der Waals surface area (Å²) in [4.78, 5) is 22.3. The molecule has 21 heavy (non-hydrogen) atoms. The minimum atomic E-state index is -0.451. The summed E-state index contributed by atoms with van der Waals surface area (Å²) < 4.78 is 5.21. The van der Waals surface area contributed by atoms with E-state index in [0.29, 0.717) is 12.5 Å². The van der Waals surface area contributed by atoms with Gasteiger partial charge in [-0.25, -0.2) is 14.8 Å². The number of carbonyl (C=O) groups excluding carboxylic acids is 1. The predicted molar refractivity (Wildman–Crippen MR) is 81.3 cm³/mol. The monoisotopic (exact) mass is 292 g/mol. The number of nitrogens with one attached hydrogen (secondary N) is 1. The van der Waals surface area contributed by atoms with Crippen LogP contribution in [0.4, 0.5) is 10.6 Å². The van der Waals surface area contributed by atoms with Gasteiger partial charge in [0.25, 0.3) is 0 Å². The van der Waals surface area contributed by atoms with Crippen molar-refractivity contribution in [2.24, 2.45) is 5.92 Å². The minimum Gasteiger partial charge on any atom is -0.444 e. The molecule has 1 saturated heterocycles. The molecule has 0 radical (unpaired) electrons. The molecule has 0 saturated carbocycles. The van der Waals surface area contributed by atoms with E-state index in [1.165, 1.54) is 0 Å². The Morgan fingerprint density at radius 1 is 1.43 bits per heavy atom. The molecule has 6 heteroatoms. The molecule has 0 aromatic carbocycles. The maximum Gasteiger partial charge on any atom is 0.407 e. The molecule has 1 aromatic heterocycles. The number of aryl methyl sites for hydroxylation is 1. The number of hydrogen-bond acceptors (Lipinski definition) is 5. The van der Waals surface area contributed by atoms with Gasteiger partial charge in [-0.2, -0.15) is 0 Å². The van der Waals surface area contributed by atoms with Gasteiger partial charge in [0.05, 0.1) is 0 Å². The third kappa shape index (κ3) is 4.58. The van der Waals surface area contributed by atoms with E-state index < -0.39 is 5.60 Å². The van der Waals surface area contributed by atoms with Gasteiger partial charge in [-0.05, 0) is 27.2 Å². The fourth-order valence-corrected chi connectivity index (χ4v) is 2.18. The predicted octanol–water partition coefficient (Wildman–Crippen LogP) is 2.00. The van der Waals surface area contributed by atoms with Crippen LogP contribution in [0.25, 0.3) is 0 Å². The Bertz CT molecular complexity index is 493. The zero-order valence-electron chi connectivity index (χ0n) is 13.2. The van der Waals surface area contributed by atoms with Crippen molar-refractivity contribution in [2.75, 3.05) is 24.5 Å². The third-order valence-corrected chi connectivity index (χ3v) is 3.29. The molecule has 1 N–H and O–H groups in total. The molecule has 0 aliphatic carbocycles. The van der Waals surface area contributed by atoms with E-state index in [4.69, 9.17) is 4.74 Å². The summed E-state index contributed by atoms with van der Waals surface area (Å²) in [5.74, 6) is 1.41. The lowest BCUT2D eigenvalue weighted by molar-refractivity contribution is 0.0516.